The minimum atomic E-state index is -0.176. The molecule has 1 rings (SSSR count). The van der Waals surface area contributed by atoms with Crippen LogP contribution in [0, 0.1) is 5.92 Å². The second-order valence-electron chi connectivity index (χ2n) is 4.72. The molecule has 1 aliphatic heterocycles. The number of likely N-dealkylation sites (tertiary alicyclic amines) is 1. The lowest BCUT2D eigenvalue weighted by Crippen LogP contribution is -2.44. The number of rotatable bonds is 5. The summed E-state index contributed by atoms with van der Waals surface area (Å²) >= 11 is 0. The van der Waals surface area contributed by atoms with Gasteiger partial charge in [0.2, 0.25) is 0 Å². The molecule has 0 aromatic carbocycles. The molecule has 0 aromatic heterocycles. The van der Waals surface area contributed by atoms with Crippen LogP contribution in [0.1, 0.15) is 33.1 Å². The molecule has 0 amide bonds. The Morgan fingerprint density at radius 1 is 1.44 bits per heavy atom. The lowest BCUT2D eigenvalue weighted by Gasteiger charge is -2.35. The normalized spacial score (nSPS) is 22.3. The summed E-state index contributed by atoms with van der Waals surface area (Å²) in [6.45, 7) is 5.81. The van der Waals surface area contributed by atoms with Crippen LogP contribution >= 0.6 is 0 Å². The van der Waals surface area contributed by atoms with E-state index in [0.29, 0.717) is 19.6 Å². The first kappa shape index (κ1) is 15.0. The first-order valence-corrected chi connectivity index (χ1v) is 6.56. The molecule has 1 saturated heterocycles. The van der Waals surface area contributed by atoms with Crippen LogP contribution in [-0.2, 0) is 19.1 Å². The maximum Gasteiger partial charge on any atom is 0.309 e. The predicted octanol–water partition coefficient (Wildman–Crippen LogP) is 1.21. The highest BCUT2D eigenvalue weighted by Crippen LogP contribution is 2.20. The van der Waals surface area contributed by atoms with E-state index < -0.39 is 0 Å². The van der Waals surface area contributed by atoms with Gasteiger partial charge in [-0.25, -0.2) is 0 Å². The lowest BCUT2D eigenvalue weighted by atomic mass is 9.96. The van der Waals surface area contributed by atoms with Crippen molar-refractivity contribution in [3.63, 3.8) is 0 Å². The van der Waals surface area contributed by atoms with Crippen molar-refractivity contribution >= 4 is 11.9 Å². The number of methoxy groups -OCH3 is 1. The van der Waals surface area contributed by atoms with Gasteiger partial charge in [-0.2, -0.15) is 0 Å². The molecule has 0 aromatic rings. The second kappa shape index (κ2) is 7.36. The molecule has 0 bridgehead atoms. The molecule has 0 radical (unpaired) electrons. The van der Waals surface area contributed by atoms with E-state index in [1.54, 1.807) is 6.92 Å². The van der Waals surface area contributed by atoms with E-state index in [0.717, 1.165) is 19.4 Å². The minimum absolute atomic E-state index is 0.0617. The summed E-state index contributed by atoms with van der Waals surface area (Å²) in [6.07, 6.45) is 2.21. The van der Waals surface area contributed by atoms with Crippen LogP contribution in [0.5, 0.6) is 0 Å². The highest BCUT2D eigenvalue weighted by molar-refractivity contribution is 5.72. The molecular weight excluding hydrogens is 234 g/mol. The van der Waals surface area contributed by atoms with Gasteiger partial charge < -0.3 is 9.47 Å². The molecule has 0 saturated carbocycles. The molecule has 0 spiro atoms. The van der Waals surface area contributed by atoms with Crippen molar-refractivity contribution in [1.29, 1.82) is 0 Å². The average Bonchev–Trinajstić information content (AvgIpc) is 2.38. The van der Waals surface area contributed by atoms with Gasteiger partial charge in [0.1, 0.15) is 0 Å². The number of hydrogen-bond acceptors (Lipinski definition) is 5. The van der Waals surface area contributed by atoms with Crippen LogP contribution in [0.2, 0.25) is 0 Å². The van der Waals surface area contributed by atoms with E-state index in [-0.39, 0.29) is 23.9 Å². The van der Waals surface area contributed by atoms with Crippen LogP contribution in [0.15, 0.2) is 0 Å². The fraction of sp³-hybridized carbons (Fsp3) is 0.846. The van der Waals surface area contributed by atoms with Gasteiger partial charge in [0, 0.05) is 12.6 Å². The summed E-state index contributed by atoms with van der Waals surface area (Å²) in [5.41, 5.74) is 0. The minimum Gasteiger partial charge on any atom is -0.469 e. The fourth-order valence-electron chi connectivity index (χ4n) is 2.36. The van der Waals surface area contributed by atoms with Crippen LogP contribution < -0.4 is 0 Å². The number of piperidine rings is 1. The third kappa shape index (κ3) is 4.29. The van der Waals surface area contributed by atoms with Crippen molar-refractivity contribution in [2.24, 2.45) is 5.92 Å². The van der Waals surface area contributed by atoms with E-state index in [9.17, 15) is 9.59 Å². The van der Waals surface area contributed by atoms with Crippen molar-refractivity contribution in [3.05, 3.63) is 0 Å². The molecule has 18 heavy (non-hydrogen) atoms. The van der Waals surface area contributed by atoms with Crippen LogP contribution in [0.25, 0.3) is 0 Å². The molecular formula is C13H23NO4. The Kier molecular flexibility index (Phi) is 6.12. The Labute approximate surface area is 108 Å². The summed E-state index contributed by atoms with van der Waals surface area (Å²) in [7, 11) is 1.42. The Morgan fingerprint density at radius 3 is 2.78 bits per heavy atom. The highest BCUT2D eigenvalue weighted by atomic mass is 16.5. The lowest BCUT2D eigenvalue weighted by molar-refractivity contribution is -0.148. The standard InChI is InChI=1S/C13H23NO4/c1-4-18-12(15)8-10(2)14-7-5-6-11(9-14)13(16)17-3/h10-11H,4-9H2,1-3H3. The van der Waals surface area contributed by atoms with Crippen LogP contribution in [-0.4, -0.2) is 49.7 Å². The number of nitrogens with zero attached hydrogens (tertiary/aromatic N) is 1. The molecule has 0 aliphatic carbocycles. The summed E-state index contributed by atoms with van der Waals surface area (Å²) in [5, 5.41) is 0. The molecule has 1 heterocycles. The zero-order chi connectivity index (χ0) is 13.5. The number of ether oxygens (including phenoxy) is 2. The van der Waals surface area contributed by atoms with E-state index in [1.165, 1.54) is 7.11 Å². The van der Waals surface area contributed by atoms with Crippen molar-refractivity contribution in [3.8, 4) is 0 Å². The number of esters is 2. The van der Waals surface area contributed by atoms with Crippen molar-refractivity contribution in [1.82, 2.24) is 4.90 Å². The van der Waals surface area contributed by atoms with E-state index >= 15 is 0 Å². The zero-order valence-corrected chi connectivity index (χ0v) is 11.5. The summed E-state index contributed by atoms with van der Waals surface area (Å²) in [5.74, 6) is -0.387. The molecule has 5 nitrogen and oxygen atoms in total. The molecule has 104 valence electrons. The first-order chi connectivity index (χ1) is 8.58. The van der Waals surface area contributed by atoms with Gasteiger partial charge in [-0.15, -0.1) is 0 Å². The largest absolute Gasteiger partial charge is 0.469 e. The highest BCUT2D eigenvalue weighted by Gasteiger charge is 2.29. The van der Waals surface area contributed by atoms with E-state index in [1.807, 2.05) is 6.92 Å². The van der Waals surface area contributed by atoms with Crippen LogP contribution in [0.3, 0.4) is 0 Å². The van der Waals surface area contributed by atoms with Crippen molar-refractivity contribution < 1.29 is 19.1 Å². The van der Waals surface area contributed by atoms with Gasteiger partial charge in [0.05, 0.1) is 26.1 Å². The maximum absolute atomic E-state index is 11.5. The fourth-order valence-corrected chi connectivity index (χ4v) is 2.36. The maximum atomic E-state index is 11.5. The van der Waals surface area contributed by atoms with Crippen molar-refractivity contribution in [2.45, 2.75) is 39.2 Å². The molecule has 2 unspecified atom stereocenters. The molecule has 1 aliphatic rings. The summed E-state index contributed by atoms with van der Waals surface area (Å²) in [4.78, 5) is 25.1. The van der Waals surface area contributed by atoms with Crippen LogP contribution in [0.4, 0.5) is 0 Å². The van der Waals surface area contributed by atoms with Gasteiger partial charge in [-0.3, -0.25) is 14.5 Å². The number of carbonyl (C=O) groups is 2. The third-order valence-corrected chi connectivity index (χ3v) is 3.38. The monoisotopic (exact) mass is 257 g/mol. The summed E-state index contributed by atoms with van der Waals surface area (Å²) < 4.78 is 9.72. The quantitative estimate of drug-likeness (QED) is 0.693. The van der Waals surface area contributed by atoms with Gasteiger partial charge >= 0.3 is 11.9 Å². The topological polar surface area (TPSA) is 55.8 Å². The average molecular weight is 257 g/mol. The second-order valence-corrected chi connectivity index (χ2v) is 4.72. The van der Waals surface area contributed by atoms with Gasteiger partial charge in [-0.1, -0.05) is 0 Å². The summed E-state index contributed by atoms with van der Waals surface area (Å²) in [6, 6.07) is 0.108. The van der Waals surface area contributed by atoms with Gasteiger partial charge in [-0.05, 0) is 33.2 Å². The van der Waals surface area contributed by atoms with E-state index in [2.05, 4.69) is 4.90 Å². The molecule has 0 N–H and O–H groups in total. The Balaban J connectivity index is 2.45. The Morgan fingerprint density at radius 2 is 2.17 bits per heavy atom. The SMILES string of the molecule is CCOC(=O)CC(C)N1CCCC(C(=O)OC)C1. The zero-order valence-electron chi connectivity index (χ0n) is 11.5. The third-order valence-electron chi connectivity index (χ3n) is 3.38. The van der Waals surface area contributed by atoms with E-state index in [4.69, 9.17) is 9.47 Å². The predicted molar refractivity (Wildman–Crippen MR) is 67.0 cm³/mol. The van der Waals surface area contributed by atoms with Gasteiger partial charge in [0.25, 0.3) is 0 Å². The Hall–Kier alpha value is -1.10. The van der Waals surface area contributed by atoms with Gasteiger partial charge in [0.15, 0.2) is 0 Å². The molecule has 2 atom stereocenters. The van der Waals surface area contributed by atoms with Crippen molar-refractivity contribution in [2.75, 3.05) is 26.8 Å². The molecule has 1 fully saturated rings. The first-order valence-electron chi connectivity index (χ1n) is 6.56. The number of carbonyl (C=O) groups excluding carboxylic acids is 2. The smallest absolute Gasteiger partial charge is 0.309 e. The Bertz CT molecular complexity index is 293. The number of hydrogen-bond donors (Lipinski definition) is 0. The molecule has 5 heteroatoms.